The van der Waals surface area contributed by atoms with Gasteiger partial charge in [0.15, 0.2) is 5.60 Å². The Kier molecular flexibility index (Phi) is 9.25. The van der Waals surface area contributed by atoms with Crippen molar-refractivity contribution in [2.75, 3.05) is 0 Å². The zero-order valence-electron chi connectivity index (χ0n) is 17.2. The van der Waals surface area contributed by atoms with E-state index in [1.165, 1.54) is 0 Å². The van der Waals surface area contributed by atoms with Gasteiger partial charge < -0.3 is 9.47 Å². The monoisotopic (exact) mass is 440 g/mol. The number of rotatable bonds is 6. The fourth-order valence-electron chi connectivity index (χ4n) is 2.30. The van der Waals surface area contributed by atoms with E-state index in [9.17, 15) is 4.79 Å². The van der Waals surface area contributed by atoms with Crippen molar-refractivity contribution in [3.63, 3.8) is 0 Å². The SMILES string of the molecule is CC.CC(C)OC(=O)C(C)(C)Oc1ccc(C(S)(S)c2ccc(Cl)cc2)cc1. The van der Waals surface area contributed by atoms with Crippen LogP contribution in [0.5, 0.6) is 5.75 Å². The average molecular weight is 441 g/mol. The zero-order chi connectivity index (χ0) is 21.5. The van der Waals surface area contributed by atoms with Gasteiger partial charge >= 0.3 is 5.97 Å². The van der Waals surface area contributed by atoms with Crippen LogP contribution >= 0.6 is 36.9 Å². The van der Waals surface area contributed by atoms with E-state index in [4.69, 9.17) is 46.3 Å². The molecule has 0 amide bonds. The molecule has 0 bridgehead atoms. The van der Waals surface area contributed by atoms with Crippen molar-refractivity contribution in [3.8, 4) is 5.75 Å². The van der Waals surface area contributed by atoms with Crippen LogP contribution in [0, 0.1) is 0 Å². The molecule has 6 heteroatoms. The third-order valence-corrected chi connectivity index (χ3v) is 5.00. The molecule has 154 valence electrons. The van der Waals surface area contributed by atoms with E-state index >= 15 is 0 Å². The standard InChI is InChI=1S/C20H23ClO3S2.C2H6/c1-13(2)23-18(22)19(3,4)24-17-11-7-15(8-12-17)20(25,26)14-5-9-16(21)10-6-14;1-2/h5-13,25-26H,1-4H3;1-2H3. The molecule has 3 nitrogen and oxygen atoms in total. The molecule has 0 aromatic heterocycles. The smallest absolute Gasteiger partial charge is 0.350 e. The maximum absolute atomic E-state index is 12.1. The minimum Gasteiger partial charge on any atom is -0.476 e. The zero-order valence-corrected chi connectivity index (χ0v) is 19.7. The second-order valence-corrected chi connectivity index (χ2v) is 8.90. The molecular weight excluding hydrogens is 412 g/mol. The summed E-state index contributed by atoms with van der Waals surface area (Å²) in [6.07, 6.45) is -0.193. The van der Waals surface area contributed by atoms with Gasteiger partial charge in [-0.05, 0) is 63.1 Å². The summed E-state index contributed by atoms with van der Waals surface area (Å²) in [6.45, 7) is 11.0. The molecule has 0 heterocycles. The molecule has 0 radical (unpaired) electrons. The lowest BCUT2D eigenvalue weighted by atomic mass is 10.0. The van der Waals surface area contributed by atoms with Crippen molar-refractivity contribution >= 4 is 42.8 Å². The van der Waals surface area contributed by atoms with Crippen LogP contribution in [0.1, 0.15) is 52.7 Å². The Morgan fingerprint density at radius 1 is 0.929 bits per heavy atom. The number of ether oxygens (including phenoxy) is 2. The van der Waals surface area contributed by atoms with E-state index in [1.54, 1.807) is 52.0 Å². The molecule has 0 N–H and O–H groups in total. The highest BCUT2D eigenvalue weighted by molar-refractivity contribution is 8.00. The van der Waals surface area contributed by atoms with Crippen LogP contribution in [0.3, 0.4) is 0 Å². The van der Waals surface area contributed by atoms with E-state index in [-0.39, 0.29) is 6.10 Å². The Labute approximate surface area is 184 Å². The number of carbonyl (C=O) groups is 1. The number of hydrogen-bond donors (Lipinski definition) is 2. The van der Waals surface area contributed by atoms with Gasteiger partial charge in [-0.15, -0.1) is 0 Å². The molecule has 0 atom stereocenters. The predicted octanol–water partition coefficient (Wildman–Crippen LogP) is 6.54. The lowest BCUT2D eigenvalue weighted by Crippen LogP contribution is -2.40. The van der Waals surface area contributed by atoms with Gasteiger partial charge in [0.1, 0.15) is 9.83 Å². The van der Waals surface area contributed by atoms with Crippen LogP contribution in [-0.4, -0.2) is 17.7 Å². The van der Waals surface area contributed by atoms with Crippen LogP contribution < -0.4 is 4.74 Å². The third kappa shape index (κ3) is 6.64. The van der Waals surface area contributed by atoms with Crippen molar-refractivity contribution in [1.29, 1.82) is 0 Å². The molecule has 0 spiro atoms. The Hall–Kier alpha value is -1.30. The molecule has 2 aromatic rings. The van der Waals surface area contributed by atoms with Crippen molar-refractivity contribution < 1.29 is 14.3 Å². The highest BCUT2D eigenvalue weighted by Gasteiger charge is 2.33. The minimum atomic E-state index is -1.08. The number of halogens is 1. The number of hydrogen-bond acceptors (Lipinski definition) is 5. The summed E-state index contributed by atoms with van der Waals surface area (Å²) < 4.78 is 10.3. The number of thiol groups is 2. The largest absolute Gasteiger partial charge is 0.476 e. The summed E-state index contributed by atoms with van der Waals surface area (Å²) in [4.78, 5) is 12.1. The van der Waals surface area contributed by atoms with Crippen LogP contribution in [-0.2, 0) is 13.6 Å². The highest BCUT2D eigenvalue weighted by Crippen LogP contribution is 2.40. The predicted molar refractivity (Wildman–Crippen MR) is 124 cm³/mol. The fraction of sp³-hybridized carbons (Fsp3) is 0.409. The summed E-state index contributed by atoms with van der Waals surface area (Å²) in [5.74, 6) is 0.156. The van der Waals surface area contributed by atoms with Crippen LogP contribution in [0.4, 0.5) is 0 Å². The molecule has 0 aliphatic heterocycles. The average Bonchev–Trinajstić information content (AvgIpc) is 2.63. The number of benzene rings is 2. The summed E-state index contributed by atoms with van der Waals surface area (Å²) in [6, 6.07) is 14.7. The van der Waals surface area contributed by atoms with Crippen LogP contribution in [0.15, 0.2) is 48.5 Å². The lowest BCUT2D eigenvalue weighted by molar-refractivity contribution is -0.163. The summed E-state index contributed by atoms with van der Waals surface area (Å²) in [5.41, 5.74) is 0.700. The highest BCUT2D eigenvalue weighted by atomic mass is 35.5. The van der Waals surface area contributed by atoms with Crippen molar-refractivity contribution in [3.05, 3.63) is 64.7 Å². The molecular formula is C22H29ClO3S2. The Morgan fingerprint density at radius 2 is 1.36 bits per heavy atom. The van der Waals surface area contributed by atoms with Gasteiger partial charge in [0.05, 0.1) is 6.10 Å². The first-order valence-corrected chi connectivity index (χ1v) is 10.5. The molecule has 0 saturated heterocycles. The van der Waals surface area contributed by atoms with Gasteiger partial charge in [-0.1, -0.05) is 49.7 Å². The first-order valence-electron chi connectivity index (χ1n) is 9.24. The summed E-state index contributed by atoms with van der Waals surface area (Å²) >= 11 is 15.3. The molecule has 0 unspecified atom stereocenters. The van der Waals surface area contributed by atoms with Gasteiger partial charge in [0.2, 0.25) is 0 Å². The van der Waals surface area contributed by atoms with Gasteiger partial charge in [0.25, 0.3) is 0 Å². The second kappa shape index (κ2) is 10.5. The van der Waals surface area contributed by atoms with E-state index in [1.807, 2.05) is 38.1 Å². The molecule has 0 aliphatic rings. The quantitative estimate of drug-likeness (QED) is 0.304. The van der Waals surface area contributed by atoms with Crippen LogP contribution in [0.25, 0.3) is 0 Å². The Balaban J connectivity index is 0.00000190. The maximum atomic E-state index is 12.1. The summed E-state index contributed by atoms with van der Waals surface area (Å²) in [7, 11) is 0. The van der Waals surface area contributed by atoms with Gasteiger partial charge in [-0.25, -0.2) is 4.79 Å². The molecule has 28 heavy (non-hydrogen) atoms. The fourth-order valence-corrected chi connectivity index (χ4v) is 3.02. The van der Waals surface area contributed by atoms with E-state index < -0.39 is 15.6 Å². The van der Waals surface area contributed by atoms with Gasteiger partial charge in [0, 0.05) is 5.02 Å². The van der Waals surface area contributed by atoms with Crippen molar-refractivity contribution in [2.45, 2.75) is 57.3 Å². The number of carbonyl (C=O) groups excluding carboxylic acids is 1. The van der Waals surface area contributed by atoms with Gasteiger partial charge in [-0.2, -0.15) is 25.3 Å². The Morgan fingerprint density at radius 3 is 1.79 bits per heavy atom. The normalized spacial score (nSPS) is 11.5. The molecule has 0 fully saturated rings. The minimum absolute atomic E-state index is 0.193. The molecule has 0 aliphatic carbocycles. The third-order valence-electron chi connectivity index (χ3n) is 3.71. The van der Waals surface area contributed by atoms with Crippen LogP contribution in [0.2, 0.25) is 5.02 Å². The first-order chi connectivity index (χ1) is 13.0. The topological polar surface area (TPSA) is 35.5 Å². The Bertz CT molecular complexity index is 754. The summed E-state index contributed by atoms with van der Waals surface area (Å²) in [5, 5.41) is 0.658. The van der Waals surface area contributed by atoms with E-state index in [0.29, 0.717) is 10.8 Å². The second-order valence-electron chi connectivity index (χ2n) is 6.77. The van der Waals surface area contributed by atoms with Crippen molar-refractivity contribution in [1.82, 2.24) is 0 Å². The molecule has 2 rings (SSSR count). The molecule has 0 saturated carbocycles. The first kappa shape index (κ1) is 24.7. The van der Waals surface area contributed by atoms with E-state index in [0.717, 1.165) is 11.1 Å². The lowest BCUT2D eigenvalue weighted by Gasteiger charge is -2.27. The van der Waals surface area contributed by atoms with E-state index in [2.05, 4.69) is 0 Å². The molecule has 2 aromatic carbocycles. The van der Waals surface area contributed by atoms with Crippen molar-refractivity contribution in [2.24, 2.45) is 0 Å². The van der Waals surface area contributed by atoms with Gasteiger partial charge in [-0.3, -0.25) is 0 Å². The number of esters is 1. The maximum Gasteiger partial charge on any atom is 0.350 e.